The largest absolute Gasteiger partial charge is 0.462 e. The first-order valence-corrected chi connectivity index (χ1v) is 8.43. The molecule has 2 heterocycles. The molecule has 0 spiro atoms. The average Bonchev–Trinajstić information content (AvgIpc) is 2.89. The summed E-state index contributed by atoms with van der Waals surface area (Å²) < 4.78 is 24.4. The molecule has 1 aromatic heterocycles. The normalized spacial score (nSPS) is 16.0. The second kappa shape index (κ2) is 6.57. The van der Waals surface area contributed by atoms with Crippen molar-refractivity contribution >= 4 is 17.3 Å². The maximum Gasteiger partial charge on any atom is 0.343 e. The Morgan fingerprint density at radius 3 is 2.92 bits per heavy atom. The summed E-state index contributed by atoms with van der Waals surface area (Å²) in [7, 11) is 0. The first-order valence-electron chi connectivity index (χ1n) is 7.61. The van der Waals surface area contributed by atoms with E-state index in [0.29, 0.717) is 20.9 Å². The van der Waals surface area contributed by atoms with Crippen LogP contribution in [-0.4, -0.2) is 12.6 Å². The number of halogens is 1. The van der Waals surface area contributed by atoms with E-state index in [4.69, 9.17) is 15.2 Å². The van der Waals surface area contributed by atoms with Crippen LogP contribution in [0, 0.1) is 24.1 Å². The van der Waals surface area contributed by atoms with Crippen molar-refractivity contribution in [2.75, 3.05) is 6.61 Å². The molecule has 0 radical (unpaired) electrons. The zero-order chi connectivity index (χ0) is 18.1. The van der Waals surface area contributed by atoms with Crippen LogP contribution in [0.15, 0.2) is 35.7 Å². The topological polar surface area (TPSA) is 85.3 Å². The summed E-state index contributed by atoms with van der Waals surface area (Å²) in [6.45, 7) is 3.71. The fraction of sp³-hybridized carbons (Fsp3) is 0.222. The van der Waals surface area contributed by atoms with Crippen LogP contribution in [0.1, 0.15) is 38.5 Å². The molecule has 2 N–H and O–H groups in total. The van der Waals surface area contributed by atoms with Gasteiger partial charge < -0.3 is 15.2 Å². The molecule has 0 fully saturated rings. The molecule has 7 heteroatoms. The Balaban J connectivity index is 2.22. The molecule has 0 amide bonds. The number of nitriles is 1. The molecule has 128 valence electrons. The van der Waals surface area contributed by atoms with Gasteiger partial charge in [0.1, 0.15) is 23.0 Å². The van der Waals surface area contributed by atoms with Gasteiger partial charge in [-0.3, -0.25) is 0 Å². The molecule has 1 aliphatic heterocycles. The Bertz CT molecular complexity index is 927. The summed E-state index contributed by atoms with van der Waals surface area (Å²) in [4.78, 5) is 13.6. The Morgan fingerprint density at radius 1 is 1.52 bits per heavy atom. The van der Waals surface area contributed by atoms with Gasteiger partial charge in [0, 0.05) is 4.88 Å². The van der Waals surface area contributed by atoms with Crippen LogP contribution < -0.4 is 10.5 Å². The van der Waals surface area contributed by atoms with E-state index in [1.807, 2.05) is 6.07 Å². The maximum atomic E-state index is 13.7. The Labute approximate surface area is 148 Å². The average molecular weight is 358 g/mol. The second-order valence-corrected chi connectivity index (χ2v) is 6.68. The van der Waals surface area contributed by atoms with Crippen LogP contribution in [0.25, 0.3) is 0 Å². The van der Waals surface area contributed by atoms with Gasteiger partial charge in [0.25, 0.3) is 0 Å². The quantitative estimate of drug-likeness (QED) is 0.848. The molecule has 0 aliphatic carbocycles. The van der Waals surface area contributed by atoms with Crippen molar-refractivity contribution in [1.82, 2.24) is 0 Å². The molecule has 0 bridgehead atoms. The molecule has 0 saturated heterocycles. The highest BCUT2D eigenvalue weighted by Crippen LogP contribution is 2.49. The zero-order valence-electron chi connectivity index (χ0n) is 13.6. The van der Waals surface area contributed by atoms with E-state index < -0.39 is 17.7 Å². The summed E-state index contributed by atoms with van der Waals surface area (Å²) in [5.41, 5.74) is 6.97. The number of nitrogens with two attached hydrogens (primary N) is 1. The second-order valence-electron chi connectivity index (χ2n) is 5.43. The standard InChI is InChI=1S/C18H15FN2O3S/c1-3-23-18(22)13-9(2)25-16-14(10-5-4-6-11(19)7-10)12(8-20)17(21)24-15(13)16/h4-7,14H,3,21H2,1-2H3. The van der Waals surface area contributed by atoms with Crippen LogP contribution >= 0.6 is 11.3 Å². The van der Waals surface area contributed by atoms with Crippen molar-refractivity contribution in [2.24, 2.45) is 5.73 Å². The van der Waals surface area contributed by atoms with Gasteiger partial charge in [-0.05, 0) is 31.5 Å². The molecule has 1 atom stereocenters. The molecular weight excluding hydrogens is 343 g/mol. The number of carbonyl (C=O) groups excluding carboxylic acids is 1. The van der Waals surface area contributed by atoms with Crippen LogP contribution in [0.2, 0.25) is 0 Å². The number of rotatable bonds is 3. The highest BCUT2D eigenvalue weighted by molar-refractivity contribution is 7.12. The van der Waals surface area contributed by atoms with Gasteiger partial charge in [-0.2, -0.15) is 5.26 Å². The summed E-state index contributed by atoms with van der Waals surface area (Å²) in [6, 6.07) is 8.00. The first-order chi connectivity index (χ1) is 12.0. The number of carbonyl (C=O) groups is 1. The number of fused-ring (bicyclic) bond motifs is 1. The SMILES string of the molecule is CCOC(=O)c1c(C)sc2c1OC(N)=C(C#N)C2c1cccc(F)c1. The number of aryl methyl sites for hydroxylation is 1. The van der Waals surface area contributed by atoms with Crippen molar-refractivity contribution in [3.05, 3.63) is 62.4 Å². The summed E-state index contributed by atoms with van der Waals surface area (Å²) in [5, 5.41) is 9.51. The van der Waals surface area contributed by atoms with Gasteiger partial charge in [0.2, 0.25) is 5.88 Å². The van der Waals surface area contributed by atoms with Crippen LogP contribution in [0.3, 0.4) is 0 Å². The molecule has 5 nitrogen and oxygen atoms in total. The minimum absolute atomic E-state index is 0.0902. The molecule has 0 saturated carbocycles. The number of hydrogen-bond donors (Lipinski definition) is 1. The zero-order valence-corrected chi connectivity index (χ0v) is 14.4. The monoisotopic (exact) mass is 358 g/mol. The van der Waals surface area contributed by atoms with E-state index >= 15 is 0 Å². The van der Waals surface area contributed by atoms with E-state index in [-0.39, 0.29) is 23.8 Å². The highest BCUT2D eigenvalue weighted by Gasteiger charge is 2.37. The number of nitrogens with zero attached hydrogens (tertiary/aromatic N) is 1. The van der Waals surface area contributed by atoms with Crippen molar-refractivity contribution in [3.63, 3.8) is 0 Å². The molecular formula is C18H15FN2O3S. The summed E-state index contributed by atoms with van der Waals surface area (Å²) >= 11 is 1.31. The van der Waals surface area contributed by atoms with E-state index in [2.05, 4.69) is 0 Å². The Hall–Kier alpha value is -2.85. The van der Waals surface area contributed by atoms with Crippen LogP contribution in [-0.2, 0) is 4.74 Å². The van der Waals surface area contributed by atoms with Crippen molar-refractivity contribution in [1.29, 1.82) is 5.26 Å². The van der Waals surface area contributed by atoms with Crippen LogP contribution in [0.4, 0.5) is 4.39 Å². The van der Waals surface area contributed by atoms with Crippen molar-refractivity contribution in [2.45, 2.75) is 19.8 Å². The lowest BCUT2D eigenvalue weighted by Gasteiger charge is -2.24. The minimum Gasteiger partial charge on any atom is -0.462 e. The van der Waals surface area contributed by atoms with Gasteiger partial charge in [-0.25, -0.2) is 9.18 Å². The fourth-order valence-corrected chi connectivity index (χ4v) is 4.05. The summed E-state index contributed by atoms with van der Waals surface area (Å²) in [5.74, 6) is -1.32. The fourth-order valence-electron chi connectivity index (χ4n) is 2.84. The number of hydrogen-bond acceptors (Lipinski definition) is 6. The van der Waals surface area contributed by atoms with Gasteiger partial charge in [-0.15, -0.1) is 11.3 Å². The molecule has 2 aromatic rings. The summed E-state index contributed by atoms with van der Waals surface area (Å²) in [6.07, 6.45) is 0. The van der Waals surface area contributed by atoms with Gasteiger partial charge in [0.15, 0.2) is 5.75 Å². The molecule has 1 unspecified atom stereocenters. The van der Waals surface area contributed by atoms with Gasteiger partial charge >= 0.3 is 5.97 Å². The third-order valence-corrected chi connectivity index (χ3v) is 5.03. The predicted octanol–water partition coefficient (Wildman–Crippen LogP) is 3.59. The maximum absolute atomic E-state index is 13.7. The number of benzene rings is 1. The van der Waals surface area contributed by atoms with E-state index in [1.165, 1.54) is 23.5 Å². The number of esters is 1. The van der Waals surface area contributed by atoms with Gasteiger partial charge in [-0.1, -0.05) is 12.1 Å². The number of ether oxygens (including phenoxy) is 2. The third kappa shape index (κ3) is 2.85. The number of thiophene rings is 1. The first kappa shape index (κ1) is 17.0. The lowest BCUT2D eigenvalue weighted by Crippen LogP contribution is -2.21. The smallest absolute Gasteiger partial charge is 0.343 e. The highest BCUT2D eigenvalue weighted by atomic mass is 32.1. The Kier molecular flexibility index (Phi) is 4.47. The van der Waals surface area contributed by atoms with E-state index in [1.54, 1.807) is 26.0 Å². The minimum atomic E-state index is -0.587. The molecule has 3 rings (SSSR count). The van der Waals surface area contributed by atoms with Gasteiger partial charge in [0.05, 0.1) is 17.4 Å². The van der Waals surface area contributed by atoms with E-state index in [9.17, 15) is 14.4 Å². The lowest BCUT2D eigenvalue weighted by molar-refractivity contribution is 0.0522. The Morgan fingerprint density at radius 2 is 2.28 bits per heavy atom. The van der Waals surface area contributed by atoms with Crippen LogP contribution in [0.5, 0.6) is 5.75 Å². The molecule has 1 aromatic carbocycles. The third-order valence-electron chi connectivity index (χ3n) is 3.88. The van der Waals surface area contributed by atoms with Crippen molar-refractivity contribution in [3.8, 4) is 11.8 Å². The number of allylic oxidation sites excluding steroid dienone is 1. The molecule has 1 aliphatic rings. The predicted molar refractivity (Wildman–Crippen MR) is 90.7 cm³/mol. The van der Waals surface area contributed by atoms with E-state index in [0.717, 1.165) is 0 Å². The van der Waals surface area contributed by atoms with Crippen molar-refractivity contribution < 1.29 is 18.7 Å². The lowest BCUT2D eigenvalue weighted by atomic mass is 9.88. The molecule has 25 heavy (non-hydrogen) atoms.